The van der Waals surface area contributed by atoms with Crippen LogP contribution in [-0.4, -0.2) is 65.0 Å². The van der Waals surface area contributed by atoms with Crippen LogP contribution in [0.25, 0.3) is 10.9 Å². The minimum atomic E-state index is -0.0275. The number of para-hydroxylation sites is 1. The van der Waals surface area contributed by atoms with Gasteiger partial charge in [0.25, 0.3) is 5.56 Å². The number of carbonyl (C=O) groups is 1. The number of H-pyrrole nitrogens is 1. The maximum atomic E-state index is 12.4. The van der Waals surface area contributed by atoms with Gasteiger partial charge in [0.2, 0.25) is 0 Å². The van der Waals surface area contributed by atoms with Gasteiger partial charge in [0.05, 0.1) is 0 Å². The Balaban J connectivity index is 1.64. The number of nitrogens with one attached hydrogen (secondary N) is 1. The highest BCUT2D eigenvalue weighted by atomic mass is 16.2. The van der Waals surface area contributed by atoms with Gasteiger partial charge in [-0.25, -0.2) is 4.79 Å². The van der Waals surface area contributed by atoms with Crippen LogP contribution < -0.4 is 5.56 Å². The van der Waals surface area contributed by atoms with Crippen LogP contribution in [0.5, 0.6) is 0 Å². The van der Waals surface area contributed by atoms with E-state index in [1.54, 1.807) is 0 Å². The van der Waals surface area contributed by atoms with Crippen LogP contribution in [0.15, 0.2) is 35.1 Å². The highest BCUT2D eigenvalue weighted by Crippen LogP contribution is 2.13. The highest BCUT2D eigenvalue weighted by molar-refractivity contribution is 5.78. The number of piperazine rings is 1. The van der Waals surface area contributed by atoms with E-state index < -0.39 is 0 Å². The average molecular weight is 342 g/mol. The molecule has 0 radical (unpaired) electrons. The molecular formula is C19H26N4O2. The van der Waals surface area contributed by atoms with Crippen LogP contribution in [0, 0.1) is 0 Å². The number of carbonyl (C=O) groups excluding carboxylic acids is 1. The fourth-order valence-electron chi connectivity index (χ4n) is 3.34. The molecule has 6 heteroatoms. The van der Waals surface area contributed by atoms with Crippen LogP contribution in [0.1, 0.15) is 19.4 Å². The summed E-state index contributed by atoms with van der Waals surface area (Å²) in [5, 5.41) is 1.05. The second-order valence-corrected chi connectivity index (χ2v) is 6.43. The normalized spacial score (nSPS) is 15.5. The fourth-order valence-corrected chi connectivity index (χ4v) is 3.34. The minimum absolute atomic E-state index is 0.0275. The third-order valence-electron chi connectivity index (χ3n) is 4.90. The minimum Gasteiger partial charge on any atom is -0.325 e. The molecule has 3 rings (SSSR count). The number of pyridine rings is 1. The summed E-state index contributed by atoms with van der Waals surface area (Å²) in [4.78, 5) is 33.7. The van der Waals surface area contributed by atoms with Gasteiger partial charge in [-0.3, -0.25) is 9.69 Å². The summed E-state index contributed by atoms with van der Waals surface area (Å²) in [6.07, 6.45) is 0. The van der Waals surface area contributed by atoms with Crippen LogP contribution in [0.3, 0.4) is 0 Å². The van der Waals surface area contributed by atoms with E-state index in [4.69, 9.17) is 0 Å². The average Bonchev–Trinajstić information content (AvgIpc) is 2.64. The Labute approximate surface area is 148 Å². The molecule has 0 atom stereocenters. The van der Waals surface area contributed by atoms with Crippen molar-refractivity contribution in [2.75, 3.05) is 39.3 Å². The third-order valence-corrected chi connectivity index (χ3v) is 4.90. The van der Waals surface area contributed by atoms with Gasteiger partial charge in [0.1, 0.15) is 0 Å². The zero-order valence-electron chi connectivity index (χ0n) is 15.0. The molecule has 1 fully saturated rings. The molecule has 0 saturated carbocycles. The highest BCUT2D eigenvalue weighted by Gasteiger charge is 2.24. The first-order chi connectivity index (χ1) is 12.1. The Morgan fingerprint density at radius 1 is 1.12 bits per heavy atom. The summed E-state index contributed by atoms with van der Waals surface area (Å²) in [5.74, 6) is 0. The van der Waals surface area contributed by atoms with E-state index in [9.17, 15) is 9.59 Å². The predicted octanol–water partition coefficient (Wildman–Crippen LogP) is 2.11. The van der Waals surface area contributed by atoms with Crippen LogP contribution in [0.2, 0.25) is 0 Å². The largest absolute Gasteiger partial charge is 0.325 e. The zero-order valence-corrected chi connectivity index (χ0v) is 15.0. The zero-order chi connectivity index (χ0) is 17.8. The lowest BCUT2D eigenvalue weighted by Gasteiger charge is -2.37. The molecule has 1 aliphatic heterocycles. The second-order valence-electron chi connectivity index (χ2n) is 6.43. The van der Waals surface area contributed by atoms with E-state index in [0.717, 1.165) is 42.6 Å². The van der Waals surface area contributed by atoms with Gasteiger partial charge in [-0.1, -0.05) is 18.2 Å². The molecule has 2 aromatic rings. The molecule has 1 N–H and O–H groups in total. The third kappa shape index (κ3) is 3.85. The molecule has 1 aromatic heterocycles. The number of hydrogen-bond acceptors (Lipinski definition) is 3. The van der Waals surface area contributed by atoms with E-state index in [2.05, 4.69) is 9.88 Å². The number of amides is 2. The Morgan fingerprint density at radius 2 is 1.80 bits per heavy atom. The van der Waals surface area contributed by atoms with Gasteiger partial charge < -0.3 is 14.8 Å². The summed E-state index contributed by atoms with van der Waals surface area (Å²) in [5.41, 5.74) is 1.62. The van der Waals surface area contributed by atoms with Crippen molar-refractivity contribution in [1.29, 1.82) is 0 Å². The van der Waals surface area contributed by atoms with Gasteiger partial charge in [-0.15, -0.1) is 0 Å². The molecule has 1 saturated heterocycles. The topological polar surface area (TPSA) is 59.7 Å². The van der Waals surface area contributed by atoms with Crippen molar-refractivity contribution >= 4 is 16.9 Å². The summed E-state index contributed by atoms with van der Waals surface area (Å²) >= 11 is 0. The van der Waals surface area contributed by atoms with E-state index >= 15 is 0 Å². The summed E-state index contributed by atoms with van der Waals surface area (Å²) < 4.78 is 0. The van der Waals surface area contributed by atoms with Crippen LogP contribution in [-0.2, 0) is 6.54 Å². The van der Waals surface area contributed by atoms with E-state index in [1.807, 2.05) is 54.0 Å². The molecule has 1 aliphatic rings. The first-order valence-electron chi connectivity index (χ1n) is 8.99. The Bertz CT molecular complexity index is 789. The number of urea groups is 1. The van der Waals surface area contributed by atoms with Gasteiger partial charge in [-0.2, -0.15) is 0 Å². The van der Waals surface area contributed by atoms with Crippen molar-refractivity contribution in [1.82, 2.24) is 19.7 Å². The number of nitrogens with zero attached hydrogens (tertiary/aromatic N) is 3. The number of aromatic nitrogens is 1. The van der Waals surface area contributed by atoms with E-state index in [1.165, 1.54) is 0 Å². The lowest BCUT2D eigenvalue weighted by molar-refractivity contribution is 0.112. The van der Waals surface area contributed by atoms with Crippen molar-refractivity contribution in [2.24, 2.45) is 0 Å². The number of aromatic amines is 1. The van der Waals surface area contributed by atoms with Crippen LogP contribution >= 0.6 is 0 Å². The monoisotopic (exact) mass is 342 g/mol. The van der Waals surface area contributed by atoms with Crippen molar-refractivity contribution in [3.63, 3.8) is 0 Å². The first kappa shape index (κ1) is 17.5. The van der Waals surface area contributed by atoms with Crippen LogP contribution in [0.4, 0.5) is 4.79 Å². The maximum absolute atomic E-state index is 12.4. The number of rotatable bonds is 4. The summed E-state index contributed by atoms with van der Waals surface area (Å²) in [6.45, 7) is 9.10. The lowest BCUT2D eigenvalue weighted by atomic mass is 10.1. The first-order valence-corrected chi connectivity index (χ1v) is 8.99. The smallest absolute Gasteiger partial charge is 0.320 e. The molecule has 1 aromatic carbocycles. The molecule has 2 heterocycles. The molecule has 2 amide bonds. The Kier molecular flexibility index (Phi) is 5.38. The second kappa shape index (κ2) is 7.70. The van der Waals surface area contributed by atoms with Gasteiger partial charge in [0, 0.05) is 56.9 Å². The fraction of sp³-hybridized carbons (Fsp3) is 0.474. The molecular weight excluding hydrogens is 316 g/mol. The number of benzene rings is 1. The Morgan fingerprint density at radius 3 is 2.48 bits per heavy atom. The lowest BCUT2D eigenvalue weighted by Crippen LogP contribution is -2.52. The SMILES string of the molecule is CCN(CC)C(=O)N1CCN(Cc2cc3ccccc3[nH]c2=O)CC1. The van der Waals surface area contributed by atoms with Gasteiger partial charge in [0.15, 0.2) is 0 Å². The molecule has 25 heavy (non-hydrogen) atoms. The molecule has 134 valence electrons. The van der Waals surface area contributed by atoms with Crippen molar-refractivity contribution < 1.29 is 4.79 Å². The predicted molar refractivity (Wildman–Crippen MR) is 99.7 cm³/mol. The number of hydrogen-bond donors (Lipinski definition) is 1. The van der Waals surface area contributed by atoms with Gasteiger partial charge in [-0.05, 0) is 31.4 Å². The van der Waals surface area contributed by atoms with E-state index in [0.29, 0.717) is 19.6 Å². The molecule has 0 unspecified atom stereocenters. The summed E-state index contributed by atoms with van der Waals surface area (Å²) in [7, 11) is 0. The quantitative estimate of drug-likeness (QED) is 0.926. The van der Waals surface area contributed by atoms with Crippen molar-refractivity contribution in [3.05, 3.63) is 46.2 Å². The van der Waals surface area contributed by atoms with Crippen molar-refractivity contribution in [3.8, 4) is 0 Å². The van der Waals surface area contributed by atoms with E-state index in [-0.39, 0.29) is 11.6 Å². The maximum Gasteiger partial charge on any atom is 0.320 e. The standard InChI is InChI=1S/C19H26N4O2/c1-3-22(4-2)19(25)23-11-9-21(10-12-23)14-16-13-15-7-5-6-8-17(15)20-18(16)24/h5-8,13H,3-4,9-12,14H2,1-2H3,(H,20,24). The number of fused-ring (bicyclic) bond motifs is 1. The van der Waals surface area contributed by atoms with Gasteiger partial charge >= 0.3 is 6.03 Å². The van der Waals surface area contributed by atoms with Crippen molar-refractivity contribution in [2.45, 2.75) is 20.4 Å². The molecule has 0 aliphatic carbocycles. The molecule has 0 bridgehead atoms. The Hall–Kier alpha value is -2.34. The molecule has 0 spiro atoms. The summed E-state index contributed by atoms with van der Waals surface area (Å²) in [6, 6.07) is 9.91. The molecule has 6 nitrogen and oxygen atoms in total.